The zero-order valence-corrected chi connectivity index (χ0v) is 11.1. The smallest absolute Gasteiger partial charge is 0.140 e. The SMILES string of the molecule is N#Cc1cc(COc2cncc(C#CCN)c2)ccc1F. The molecular formula is C16H12FN3O. The molecule has 0 aliphatic rings. The number of nitrogens with two attached hydrogens (primary N) is 1. The van der Waals surface area contributed by atoms with Gasteiger partial charge in [0.1, 0.15) is 24.2 Å². The second kappa shape index (κ2) is 7.04. The largest absolute Gasteiger partial charge is 0.487 e. The zero-order valence-electron chi connectivity index (χ0n) is 11.1. The average Bonchev–Trinajstić information content (AvgIpc) is 2.52. The molecule has 0 spiro atoms. The lowest BCUT2D eigenvalue weighted by Gasteiger charge is -2.06. The van der Waals surface area contributed by atoms with Gasteiger partial charge in [0.05, 0.1) is 18.3 Å². The van der Waals surface area contributed by atoms with Crippen molar-refractivity contribution >= 4 is 0 Å². The first-order chi connectivity index (χ1) is 10.2. The summed E-state index contributed by atoms with van der Waals surface area (Å²) in [6.07, 6.45) is 3.17. The van der Waals surface area contributed by atoms with Gasteiger partial charge in [0.25, 0.3) is 0 Å². The van der Waals surface area contributed by atoms with E-state index in [2.05, 4.69) is 16.8 Å². The first kappa shape index (κ1) is 14.5. The highest BCUT2D eigenvalue weighted by Crippen LogP contribution is 2.15. The van der Waals surface area contributed by atoms with Crippen molar-refractivity contribution in [3.05, 3.63) is 59.2 Å². The summed E-state index contributed by atoms with van der Waals surface area (Å²) in [6, 6.07) is 7.81. The Bertz CT molecular complexity index is 741. The molecule has 1 aromatic heterocycles. The number of aromatic nitrogens is 1. The molecule has 0 aliphatic heterocycles. The summed E-state index contributed by atoms with van der Waals surface area (Å²) in [5, 5.41) is 8.78. The Balaban J connectivity index is 2.08. The molecule has 0 unspecified atom stereocenters. The molecule has 21 heavy (non-hydrogen) atoms. The van der Waals surface area contributed by atoms with E-state index in [0.717, 1.165) is 0 Å². The zero-order chi connectivity index (χ0) is 15.1. The van der Waals surface area contributed by atoms with Crippen LogP contribution >= 0.6 is 0 Å². The molecule has 0 fully saturated rings. The van der Waals surface area contributed by atoms with E-state index in [1.807, 2.05) is 0 Å². The normalized spacial score (nSPS) is 9.38. The fraction of sp³-hybridized carbons (Fsp3) is 0.125. The average molecular weight is 281 g/mol. The minimum atomic E-state index is -0.540. The standard InChI is InChI=1S/C16H12FN3O/c17-16-4-3-13(6-14(16)8-19)11-21-15-7-12(2-1-5-18)9-20-10-15/h3-4,6-7,9-10H,5,11,18H2. The first-order valence-electron chi connectivity index (χ1n) is 6.18. The van der Waals surface area contributed by atoms with Crippen molar-refractivity contribution in [3.63, 3.8) is 0 Å². The van der Waals surface area contributed by atoms with Crippen molar-refractivity contribution in [2.24, 2.45) is 5.73 Å². The lowest BCUT2D eigenvalue weighted by atomic mass is 10.1. The Morgan fingerprint density at radius 1 is 1.29 bits per heavy atom. The van der Waals surface area contributed by atoms with Crippen LogP contribution in [0.4, 0.5) is 4.39 Å². The number of ether oxygens (including phenoxy) is 1. The molecule has 104 valence electrons. The van der Waals surface area contributed by atoms with E-state index in [1.54, 1.807) is 30.6 Å². The first-order valence-corrected chi connectivity index (χ1v) is 6.18. The van der Waals surface area contributed by atoms with Gasteiger partial charge in [0, 0.05) is 11.8 Å². The number of rotatable bonds is 3. The van der Waals surface area contributed by atoms with Gasteiger partial charge in [-0.05, 0) is 23.8 Å². The molecule has 2 aromatic rings. The third-order valence-electron chi connectivity index (χ3n) is 2.60. The maximum absolute atomic E-state index is 13.2. The number of halogens is 1. The van der Waals surface area contributed by atoms with E-state index >= 15 is 0 Å². The van der Waals surface area contributed by atoms with E-state index in [4.69, 9.17) is 15.7 Å². The van der Waals surface area contributed by atoms with Crippen molar-refractivity contribution < 1.29 is 9.13 Å². The summed E-state index contributed by atoms with van der Waals surface area (Å²) in [6.45, 7) is 0.488. The molecule has 0 aliphatic carbocycles. The highest BCUT2D eigenvalue weighted by atomic mass is 19.1. The van der Waals surface area contributed by atoms with Crippen molar-refractivity contribution in [1.29, 1.82) is 5.26 Å². The van der Waals surface area contributed by atoms with Crippen molar-refractivity contribution in [2.45, 2.75) is 6.61 Å². The predicted molar refractivity (Wildman–Crippen MR) is 75.6 cm³/mol. The van der Waals surface area contributed by atoms with Crippen LogP contribution in [0.15, 0.2) is 36.7 Å². The van der Waals surface area contributed by atoms with E-state index < -0.39 is 5.82 Å². The lowest BCUT2D eigenvalue weighted by molar-refractivity contribution is 0.304. The van der Waals surface area contributed by atoms with Gasteiger partial charge in [0.2, 0.25) is 0 Å². The van der Waals surface area contributed by atoms with Crippen LogP contribution in [0.5, 0.6) is 5.75 Å². The maximum Gasteiger partial charge on any atom is 0.140 e. The second-order valence-corrected chi connectivity index (χ2v) is 4.13. The van der Waals surface area contributed by atoms with Gasteiger partial charge >= 0.3 is 0 Å². The second-order valence-electron chi connectivity index (χ2n) is 4.13. The number of hydrogen-bond donors (Lipinski definition) is 1. The lowest BCUT2D eigenvalue weighted by Crippen LogP contribution is -1.98. The highest BCUT2D eigenvalue weighted by molar-refractivity contribution is 5.37. The van der Waals surface area contributed by atoms with Crippen molar-refractivity contribution in [1.82, 2.24) is 4.98 Å². The Labute approximate surface area is 122 Å². The molecule has 0 atom stereocenters. The summed E-state index contributed by atoms with van der Waals surface area (Å²) in [5.41, 5.74) is 6.71. The minimum absolute atomic E-state index is 0.00297. The highest BCUT2D eigenvalue weighted by Gasteiger charge is 2.04. The number of pyridine rings is 1. The van der Waals surface area contributed by atoms with E-state index in [9.17, 15) is 4.39 Å². The number of benzene rings is 1. The molecular weight excluding hydrogens is 269 g/mol. The van der Waals surface area contributed by atoms with Gasteiger partial charge in [0.15, 0.2) is 0 Å². The van der Waals surface area contributed by atoms with Crippen LogP contribution in [-0.4, -0.2) is 11.5 Å². The Kier molecular flexibility index (Phi) is 4.87. The Morgan fingerprint density at radius 3 is 2.90 bits per heavy atom. The Hall–Kier alpha value is -2.89. The van der Waals surface area contributed by atoms with Crippen molar-refractivity contribution in [2.75, 3.05) is 6.54 Å². The van der Waals surface area contributed by atoms with Crippen LogP contribution in [0.3, 0.4) is 0 Å². The number of nitriles is 1. The van der Waals surface area contributed by atoms with Crippen LogP contribution < -0.4 is 10.5 Å². The third-order valence-corrected chi connectivity index (χ3v) is 2.60. The number of nitrogens with zero attached hydrogens (tertiary/aromatic N) is 2. The van der Waals surface area contributed by atoms with E-state index in [0.29, 0.717) is 16.9 Å². The monoisotopic (exact) mass is 281 g/mol. The fourth-order valence-electron chi connectivity index (χ4n) is 1.63. The molecule has 2 N–H and O–H groups in total. The van der Waals surface area contributed by atoms with Gasteiger partial charge in [-0.15, -0.1) is 0 Å². The number of hydrogen-bond acceptors (Lipinski definition) is 4. The molecule has 4 nitrogen and oxygen atoms in total. The molecule has 1 heterocycles. The van der Waals surface area contributed by atoms with Gasteiger partial charge in [-0.25, -0.2) is 4.39 Å². The quantitative estimate of drug-likeness (QED) is 0.873. The fourth-order valence-corrected chi connectivity index (χ4v) is 1.63. The van der Waals surface area contributed by atoms with Crippen LogP contribution in [-0.2, 0) is 6.61 Å². The van der Waals surface area contributed by atoms with Crippen LogP contribution in [0.1, 0.15) is 16.7 Å². The summed E-state index contributed by atoms with van der Waals surface area (Å²) in [5.74, 6) is 5.59. The summed E-state index contributed by atoms with van der Waals surface area (Å²) >= 11 is 0. The third kappa shape index (κ3) is 4.04. The van der Waals surface area contributed by atoms with Crippen molar-refractivity contribution in [3.8, 4) is 23.7 Å². The summed E-state index contributed by atoms with van der Waals surface area (Å²) in [7, 11) is 0. The van der Waals surface area contributed by atoms with E-state index in [1.165, 1.54) is 12.1 Å². The molecule has 0 saturated heterocycles. The van der Waals surface area contributed by atoms with Gasteiger partial charge < -0.3 is 10.5 Å². The van der Waals surface area contributed by atoms with E-state index in [-0.39, 0.29) is 18.7 Å². The molecule has 0 saturated carbocycles. The van der Waals surface area contributed by atoms with Gasteiger partial charge in [-0.2, -0.15) is 5.26 Å². The molecule has 0 amide bonds. The predicted octanol–water partition coefficient (Wildman–Crippen LogP) is 1.98. The van der Waals surface area contributed by atoms with Crippen LogP contribution in [0, 0.1) is 29.0 Å². The van der Waals surface area contributed by atoms with Gasteiger partial charge in [-0.3, -0.25) is 4.98 Å². The molecule has 1 aromatic carbocycles. The van der Waals surface area contributed by atoms with Crippen LogP contribution in [0.2, 0.25) is 0 Å². The van der Waals surface area contributed by atoms with Crippen LogP contribution in [0.25, 0.3) is 0 Å². The topological polar surface area (TPSA) is 71.9 Å². The molecule has 5 heteroatoms. The minimum Gasteiger partial charge on any atom is -0.487 e. The summed E-state index contributed by atoms with van der Waals surface area (Å²) in [4.78, 5) is 4.02. The molecule has 0 bridgehead atoms. The summed E-state index contributed by atoms with van der Waals surface area (Å²) < 4.78 is 18.8. The maximum atomic E-state index is 13.2. The Morgan fingerprint density at radius 2 is 2.14 bits per heavy atom. The van der Waals surface area contributed by atoms with Gasteiger partial charge in [-0.1, -0.05) is 17.9 Å². The molecule has 0 radical (unpaired) electrons. The molecule has 2 rings (SSSR count).